The zero-order chi connectivity index (χ0) is 28.9. The number of allylic oxidation sites excluding steroid dienone is 2. The van der Waals surface area contributed by atoms with Gasteiger partial charge < -0.3 is 14.2 Å². The summed E-state index contributed by atoms with van der Waals surface area (Å²) in [4.78, 5) is 0. The molecule has 0 N–H and O–H groups in total. The number of hydrogen-bond donors (Lipinski definition) is 0. The summed E-state index contributed by atoms with van der Waals surface area (Å²) in [5, 5.41) is 0. The molecule has 0 bridgehead atoms. The van der Waals surface area contributed by atoms with Gasteiger partial charge in [0.25, 0.3) is 0 Å². The van der Waals surface area contributed by atoms with Crippen molar-refractivity contribution in [3.8, 4) is 11.5 Å². The Kier molecular flexibility index (Phi) is 10.3. The second-order valence-corrected chi connectivity index (χ2v) is 11.7. The number of ether oxygens (including phenoxy) is 3. The van der Waals surface area contributed by atoms with Crippen LogP contribution < -0.4 is 9.47 Å². The molecule has 10 heteroatoms. The lowest BCUT2D eigenvalue weighted by molar-refractivity contribution is -0.276. The van der Waals surface area contributed by atoms with Crippen molar-refractivity contribution in [3.63, 3.8) is 0 Å². The number of hydrogen-bond acceptors (Lipinski definition) is 3. The van der Waals surface area contributed by atoms with Crippen molar-refractivity contribution < 1.29 is 44.9 Å². The van der Waals surface area contributed by atoms with E-state index in [9.17, 15) is 30.7 Å². The highest BCUT2D eigenvalue weighted by Crippen LogP contribution is 2.46. The molecule has 1 aromatic rings. The molecule has 0 unspecified atom stereocenters. The second-order valence-electron chi connectivity index (χ2n) is 11.7. The first kappa shape index (κ1) is 31.0. The molecule has 3 aliphatic carbocycles. The lowest BCUT2D eigenvalue weighted by atomic mass is 9.65. The summed E-state index contributed by atoms with van der Waals surface area (Å²) in [6.45, 7) is 0.962. The van der Waals surface area contributed by atoms with Crippen LogP contribution in [0.5, 0.6) is 11.5 Å². The van der Waals surface area contributed by atoms with Gasteiger partial charge in [-0.25, -0.2) is 8.78 Å². The molecule has 0 atom stereocenters. The van der Waals surface area contributed by atoms with Gasteiger partial charge in [-0.05, 0) is 114 Å². The average Bonchev–Trinajstić information content (AvgIpc) is 2.90. The molecule has 40 heavy (non-hydrogen) atoms. The van der Waals surface area contributed by atoms with E-state index in [4.69, 9.17) is 4.74 Å². The zero-order valence-corrected chi connectivity index (χ0v) is 22.8. The molecule has 0 amide bonds. The highest BCUT2D eigenvalue weighted by atomic mass is 19.4. The summed E-state index contributed by atoms with van der Waals surface area (Å²) in [7, 11) is 0. The molecule has 0 aromatic heterocycles. The van der Waals surface area contributed by atoms with Crippen molar-refractivity contribution in [1.82, 2.24) is 0 Å². The van der Waals surface area contributed by atoms with Crippen molar-refractivity contribution in [2.45, 2.75) is 103 Å². The third-order valence-electron chi connectivity index (χ3n) is 9.09. The van der Waals surface area contributed by atoms with Crippen molar-refractivity contribution in [2.24, 2.45) is 29.6 Å². The lowest BCUT2D eigenvalue weighted by Gasteiger charge is -2.41. The van der Waals surface area contributed by atoms with E-state index >= 15 is 0 Å². The van der Waals surface area contributed by atoms with E-state index < -0.39 is 42.2 Å². The van der Waals surface area contributed by atoms with Crippen LogP contribution in [-0.2, 0) is 4.74 Å². The molecule has 4 rings (SSSR count). The van der Waals surface area contributed by atoms with Gasteiger partial charge in [0.2, 0.25) is 5.75 Å². The quantitative estimate of drug-likeness (QED) is 0.215. The van der Waals surface area contributed by atoms with E-state index in [1.807, 2.05) is 0 Å². The fourth-order valence-corrected chi connectivity index (χ4v) is 7.12. The molecule has 0 saturated heterocycles. The Bertz CT molecular complexity index is 949. The Morgan fingerprint density at radius 1 is 0.700 bits per heavy atom. The summed E-state index contributed by atoms with van der Waals surface area (Å²) in [5.41, 5.74) is 0. The van der Waals surface area contributed by atoms with E-state index in [-0.39, 0.29) is 18.2 Å². The van der Waals surface area contributed by atoms with Gasteiger partial charge in [-0.1, -0.05) is 12.2 Å². The minimum atomic E-state index is -5.34. The number of alkyl halides is 5. The molecule has 0 aliphatic heterocycles. The highest BCUT2D eigenvalue weighted by Gasteiger charge is 2.38. The highest BCUT2D eigenvalue weighted by molar-refractivity contribution is 5.35. The number of halogens is 7. The zero-order valence-electron chi connectivity index (χ0n) is 22.8. The molecule has 0 spiro atoms. The number of benzene rings is 1. The molecule has 3 saturated carbocycles. The van der Waals surface area contributed by atoms with Gasteiger partial charge in [0, 0.05) is 12.1 Å². The maximum absolute atomic E-state index is 14.3. The summed E-state index contributed by atoms with van der Waals surface area (Å²) in [5.74, 6) is -2.64. The van der Waals surface area contributed by atoms with Gasteiger partial charge in [0.05, 0.1) is 6.10 Å². The molecule has 1 aromatic carbocycles. The van der Waals surface area contributed by atoms with E-state index in [0.717, 1.165) is 30.6 Å². The van der Waals surface area contributed by atoms with E-state index in [1.165, 1.54) is 51.4 Å². The van der Waals surface area contributed by atoms with Crippen LogP contribution in [0.4, 0.5) is 30.7 Å². The van der Waals surface area contributed by atoms with Crippen molar-refractivity contribution in [1.29, 1.82) is 0 Å². The second kappa shape index (κ2) is 13.3. The predicted octanol–water partition coefficient (Wildman–Crippen LogP) is 9.60. The fraction of sp³-hybridized carbons (Fsp3) is 0.733. The van der Waals surface area contributed by atoms with Crippen LogP contribution >= 0.6 is 0 Å². The third-order valence-corrected chi connectivity index (χ3v) is 9.09. The first-order valence-electron chi connectivity index (χ1n) is 14.5. The molecule has 226 valence electrons. The van der Waals surface area contributed by atoms with Gasteiger partial charge in [-0.15, -0.1) is 13.2 Å². The van der Waals surface area contributed by atoms with Crippen LogP contribution in [0.2, 0.25) is 0 Å². The minimum absolute atomic E-state index is 0.215. The summed E-state index contributed by atoms with van der Waals surface area (Å²) in [6.07, 6.45) is 8.35. The Hall–Kier alpha value is -1.97. The van der Waals surface area contributed by atoms with Gasteiger partial charge in [0.15, 0.2) is 18.2 Å². The van der Waals surface area contributed by atoms with Gasteiger partial charge >= 0.3 is 12.5 Å². The molecule has 3 fully saturated rings. The van der Waals surface area contributed by atoms with Crippen LogP contribution in [0.25, 0.3) is 0 Å². The molecule has 0 radical (unpaired) electrons. The summed E-state index contributed by atoms with van der Waals surface area (Å²) >= 11 is 0. The standard InChI is InChI=1S/C30H39F7O3/c1-2-3-19-4-6-20(7-5-19)21-8-10-22(11-9-21)23-12-14-24(15-13-23)38-18-29(33,34)39-25-16-26(31)28(27(32)17-25)40-30(35,36)37/h2-3,16-17,19-24H,4-15,18H2,1H3/b3-2+. The van der Waals surface area contributed by atoms with Crippen molar-refractivity contribution in [3.05, 3.63) is 35.9 Å². The molecular weight excluding hydrogens is 541 g/mol. The van der Waals surface area contributed by atoms with Crippen LogP contribution in [0, 0.1) is 41.2 Å². The van der Waals surface area contributed by atoms with Gasteiger partial charge in [0.1, 0.15) is 5.75 Å². The summed E-state index contributed by atoms with van der Waals surface area (Å²) in [6, 6.07) is 0.430. The van der Waals surface area contributed by atoms with Crippen LogP contribution in [0.1, 0.15) is 84.0 Å². The average molecular weight is 581 g/mol. The molecule has 0 heterocycles. The Labute approximate surface area is 231 Å². The lowest BCUT2D eigenvalue weighted by Crippen LogP contribution is -2.35. The van der Waals surface area contributed by atoms with Gasteiger partial charge in [-0.2, -0.15) is 8.78 Å². The topological polar surface area (TPSA) is 27.7 Å². The minimum Gasteiger partial charge on any atom is -0.431 e. The molecular formula is C30H39F7O3. The van der Waals surface area contributed by atoms with Crippen molar-refractivity contribution in [2.75, 3.05) is 6.61 Å². The normalized spacial score (nSPS) is 30.4. The Balaban J connectivity index is 1.17. The predicted molar refractivity (Wildman–Crippen MR) is 136 cm³/mol. The third kappa shape index (κ3) is 8.76. The molecule has 3 aliphatic rings. The summed E-state index contributed by atoms with van der Waals surface area (Å²) < 4.78 is 106. The van der Waals surface area contributed by atoms with Crippen LogP contribution in [-0.4, -0.2) is 25.2 Å². The SMILES string of the molecule is C/C=C/C1CCC(C2CCC(C3CCC(OCC(F)(F)Oc4cc(F)c(OC(F)(F)F)c(F)c4)CC3)CC2)CC1. The maximum atomic E-state index is 14.3. The first-order chi connectivity index (χ1) is 18.9. The smallest absolute Gasteiger partial charge is 0.431 e. The van der Waals surface area contributed by atoms with Gasteiger partial charge in [-0.3, -0.25) is 0 Å². The fourth-order valence-electron chi connectivity index (χ4n) is 7.12. The molecule has 3 nitrogen and oxygen atoms in total. The van der Waals surface area contributed by atoms with E-state index in [2.05, 4.69) is 28.5 Å². The van der Waals surface area contributed by atoms with E-state index in [0.29, 0.717) is 24.7 Å². The van der Waals surface area contributed by atoms with E-state index in [1.54, 1.807) is 0 Å². The Morgan fingerprint density at radius 2 is 1.15 bits per heavy atom. The largest absolute Gasteiger partial charge is 0.573 e. The van der Waals surface area contributed by atoms with Crippen LogP contribution in [0.3, 0.4) is 0 Å². The number of rotatable bonds is 9. The Morgan fingerprint density at radius 3 is 1.60 bits per heavy atom. The first-order valence-corrected chi connectivity index (χ1v) is 14.5. The maximum Gasteiger partial charge on any atom is 0.573 e. The monoisotopic (exact) mass is 580 g/mol. The van der Waals surface area contributed by atoms with Crippen molar-refractivity contribution >= 4 is 0 Å². The van der Waals surface area contributed by atoms with Crippen LogP contribution in [0.15, 0.2) is 24.3 Å².